The van der Waals surface area contributed by atoms with E-state index in [0.717, 1.165) is 39.2 Å². The number of aryl methyl sites for hydroxylation is 1. The van der Waals surface area contributed by atoms with Crippen LogP contribution in [0.15, 0.2) is 84.0 Å². The summed E-state index contributed by atoms with van der Waals surface area (Å²) < 4.78 is 44.1. The summed E-state index contributed by atoms with van der Waals surface area (Å²) in [5.74, 6) is -0.284. The molecule has 6 nitrogen and oxygen atoms in total. The number of hydrogen-bond acceptors (Lipinski definition) is 5. The smallest absolute Gasteiger partial charge is 0.406 e. The zero-order valence-electron chi connectivity index (χ0n) is 20.4. The fraction of sp³-hybridized carbons (Fsp3) is 0.179. The minimum atomic E-state index is -4.76. The number of aromatic nitrogens is 3. The highest BCUT2D eigenvalue weighted by molar-refractivity contribution is 5.84. The molecule has 2 aromatic carbocycles. The van der Waals surface area contributed by atoms with E-state index in [1.54, 1.807) is 18.3 Å². The molecular weight excluding hydrogens is 479 g/mol. The molecule has 0 unspecified atom stereocenters. The van der Waals surface area contributed by atoms with Gasteiger partial charge in [-0.25, -0.2) is 4.98 Å². The Morgan fingerprint density at radius 2 is 1.70 bits per heavy atom. The molecule has 0 radical (unpaired) electrons. The Kier molecular flexibility index (Phi) is 6.29. The molecule has 0 atom stereocenters. The van der Waals surface area contributed by atoms with Crippen LogP contribution >= 0.6 is 0 Å². The summed E-state index contributed by atoms with van der Waals surface area (Å²) in [5, 5.41) is 4.18. The molecule has 1 aliphatic heterocycles. The molecule has 0 saturated carbocycles. The van der Waals surface area contributed by atoms with Gasteiger partial charge in [-0.1, -0.05) is 12.1 Å². The lowest BCUT2D eigenvalue weighted by molar-refractivity contribution is -0.274. The number of ether oxygens (including phenoxy) is 1. The predicted octanol–water partition coefficient (Wildman–Crippen LogP) is 6.79. The summed E-state index contributed by atoms with van der Waals surface area (Å²) in [5.41, 5.74) is 6.15. The number of nitrogens with zero attached hydrogens (tertiary/aromatic N) is 4. The summed E-state index contributed by atoms with van der Waals surface area (Å²) in [6.45, 7) is 5.92. The van der Waals surface area contributed by atoms with Crippen molar-refractivity contribution in [1.82, 2.24) is 14.5 Å². The van der Waals surface area contributed by atoms with E-state index in [1.807, 2.05) is 73.9 Å². The van der Waals surface area contributed by atoms with Crippen LogP contribution in [-0.2, 0) is 0 Å². The number of benzene rings is 3. The highest BCUT2D eigenvalue weighted by Gasteiger charge is 2.31. The fourth-order valence-corrected chi connectivity index (χ4v) is 4.16. The molecule has 37 heavy (non-hydrogen) atoms. The summed E-state index contributed by atoms with van der Waals surface area (Å²) in [7, 11) is 0. The average Bonchev–Trinajstić information content (AvgIpc) is 2.84. The van der Waals surface area contributed by atoms with E-state index in [0.29, 0.717) is 11.4 Å². The van der Waals surface area contributed by atoms with Crippen molar-refractivity contribution in [3.63, 3.8) is 0 Å². The largest absolute Gasteiger partial charge is 0.573 e. The minimum absolute atomic E-state index is 0.0219. The van der Waals surface area contributed by atoms with Gasteiger partial charge in [-0.3, -0.25) is 9.98 Å². The van der Waals surface area contributed by atoms with Crippen molar-refractivity contribution < 1.29 is 17.9 Å². The molecule has 5 rings (SSSR count). The zero-order valence-corrected chi connectivity index (χ0v) is 20.4. The quantitative estimate of drug-likeness (QED) is 0.268. The van der Waals surface area contributed by atoms with Gasteiger partial charge in [-0.05, 0) is 81.4 Å². The maximum Gasteiger partial charge on any atom is 0.573 e. The summed E-state index contributed by atoms with van der Waals surface area (Å²) in [4.78, 5) is 14.1. The van der Waals surface area contributed by atoms with Gasteiger partial charge in [-0.2, -0.15) is 0 Å². The van der Waals surface area contributed by atoms with Crippen LogP contribution in [-0.4, -0.2) is 26.9 Å². The number of pyridine rings is 1. The standard InChI is InChI=1S/C28H24F3N5O/c1-17(2)33-24-16-27-25(15-23(24)34-21-8-6-14-32-18(21)3)35-22-7-4-5-9-26(22)36(27)19-10-12-20(13-11-19)37-28(29,30)31/h4-17,34H,1-3H3. The highest BCUT2D eigenvalue weighted by Crippen LogP contribution is 2.32. The molecular formula is C28H24F3N5O. The number of alkyl halides is 3. The van der Waals surface area contributed by atoms with Gasteiger partial charge in [0.1, 0.15) is 5.75 Å². The molecule has 2 aliphatic rings. The molecule has 2 heterocycles. The first kappa shape index (κ1) is 24.3. The molecule has 9 heteroatoms. The summed E-state index contributed by atoms with van der Waals surface area (Å²) >= 11 is 0. The number of rotatable bonds is 5. The van der Waals surface area contributed by atoms with Gasteiger partial charge in [0, 0.05) is 17.9 Å². The Balaban J connectivity index is 1.74. The van der Waals surface area contributed by atoms with Gasteiger partial charge in [0.2, 0.25) is 0 Å². The monoisotopic (exact) mass is 503 g/mol. The first-order valence-electron chi connectivity index (χ1n) is 11.7. The second-order valence-electron chi connectivity index (χ2n) is 8.82. The molecule has 0 saturated heterocycles. The van der Waals surface area contributed by atoms with Crippen LogP contribution in [0, 0.1) is 6.92 Å². The maximum atomic E-state index is 12.7. The molecule has 1 aliphatic carbocycles. The van der Waals surface area contributed by atoms with Crippen molar-refractivity contribution in [3.8, 4) is 22.8 Å². The normalized spacial score (nSPS) is 12.5. The molecule has 3 aromatic rings. The van der Waals surface area contributed by atoms with E-state index in [1.165, 1.54) is 12.1 Å². The van der Waals surface area contributed by atoms with Crippen LogP contribution in [0.3, 0.4) is 0 Å². The van der Waals surface area contributed by atoms with E-state index in [4.69, 9.17) is 9.98 Å². The zero-order chi connectivity index (χ0) is 26.2. The third-order valence-electron chi connectivity index (χ3n) is 5.70. The van der Waals surface area contributed by atoms with Crippen LogP contribution in [0.2, 0.25) is 0 Å². The van der Waals surface area contributed by atoms with Crippen molar-refractivity contribution in [2.45, 2.75) is 33.2 Å². The van der Waals surface area contributed by atoms with Gasteiger partial charge in [-0.15, -0.1) is 13.2 Å². The van der Waals surface area contributed by atoms with Gasteiger partial charge in [0.25, 0.3) is 0 Å². The molecule has 0 fully saturated rings. The maximum absolute atomic E-state index is 12.7. The van der Waals surface area contributed by atoms with Gasteiger partial charge < -0.3 is 14.6 Å². The Hall–Kier alpha value is -4.40. The Morgan fingerprint density at radius 3 is 2.41 bits per heavy atom. The van der Waals surface area contributed by atoms with Crippen molar-refractivity contribution in [2.75, 3.05) is 5.32 Å². The summed E-state index contributed by atoms with van der Waals surface area (Å²) in [6.07, 6.45) is -3.02. The SMILES string of the molecule is Cc1ncccc1Nc1cc2nc3ccccc3n(-c3ccc(OC(F)(F)F)cc3)c-2cc1=NC(C)C. The molecule has 0 spiro atoms. The first-order chi connectivity index (χ1) is 17.7. The lowest BCUT2D eigenvalue weighted by atomic mass is 10.1. The van der Waals surface area contributed by atoms with Crippen LogP contribution in [0.1, 0.15) is 19.5 Å². The van der Waals surface area contributed by atoms with E-state index in [2.05, 4.69) is 15.0 Å². The van der Waals surface area contributed by atoms with Crippen LogP contribution in [0.5, 0.6) is 5.75 Å². The number of nitrogens with one attached hydrogen (secondary N) is 1. The van der Waals surface area contributed by atoms with Crippen LogP contribution < -0.4 is 15.4 Å². The number of anilines is 2. The number of para-hydroxylation sites is 2. The van der Waals surface area contributed by atoms with Gasteiger partial charge in [0.05, 0.1) is 44.8 Å². The lowest BCUT2D eigenvalue weighted by Crippen LogP contribution is -2.17. The molecule has 0 amide bonds. The van der Waals surface area contributed by atoms with Crippen molar-refractivity contribution in [3.05, 3.63) is 90.0 Å². The third kappa shape index (κ3) is 5.25. The molecule has 0 bridgehead atoms. The number of halogens is 3. The Labute approximate surface area is 211 Å². The Morgan fingerprint density at radius 1 is 0.946 bits per heavy atom. The second-order valence-corrected chi connectivity index (χ2v) is 8.82. The highest BCUT2D eigenvalue weighted by atomic mass is 19.4. The number of hydrogen-bond donors (Lipinski definition) is 1. The third-order valence-corrected chi connectivity index (χ3v) is 5.70. The molecule has 1 N–H and O–H groups in total. The fourth-order valence-electron chi connectivity index (χ4n) is 4.16. The van der Waals surface area contributed by atoms with Crippen LogP contribution in [0.25, 0.3) is 28.1 Å². The van der Waals surface area contributed by atoms with E-state index in [9.17, 15) is 13.2 Å². The van der Waals surface area contributed by atoms with E-state index < -0.39 is 6.36 Å². The number of fused-ring (bicyclic) bond motifs is 2. The van der Waals surface area contributed by atoms with Crippen molar-refractivity contribution >= 4 is 22.4 Å². The predicted molar refractivity (Wildman–Crippen MR) is 137 cm³/mol. The average molecular weight is 504 g/mol. The topological polar surface area (TPSA) is 64.3 Å². The van der Waals surface area contributed by atoms with Crippen molar-refractivity contribution in [1.29, 1.82) is 0 Å². The van der Waals surface area contributed by atoms with Gasteiger partial charge in [0.15, 0.2) is 0 Å². The Bertz CT molecular complexity index is 1610. The summed E-state index contributed by atoms with van der Waals surface area (Å²) in [6, 6.07) is 21.1. The van der Waals surface area contributed by atoms with E-state index >= 15 is 0 Å². The molecule has 1 aromatic heterocycles. The lowest BCUT2D eigenvalue weighted by Gasteiger charge is -2.21. The van der Waals surface area contributed by atoms with Crippen LogP contribution in [0.4, 0.5) is 24.5 Å². The van der Waals surface area contributed by atoms with E-state index in [-0.39, 0.29) is 11.8 Å². The second kappa shape index (κ2) is 9.57. The van der Waals surface area contributed by atoms with Crippen molar-refractivity contribution in [2.24, 2.45) is 4.99 Å². The van der Waals surface area contributed by atoms with Gasteiger partial charge >= 0.3 is 6.36 Å². The molecule has 188 valence electrons. The minimum Gasteiger partial charge on any atom is -0.406 e. The first-order valence-corrected chi connectivity index (χ1v) is 11.7.